The largest absolute Gasteiger partial charge is 0.313 e. The van der Waals surface area contributed by atoms with Gasteiger partial charge in [0.05, 0.1) is 0 Å². The topological polar surface area (TPSA) is 15.3 Å². The Morgan fingerprint density at radius 1 is 1.18 bits per heavy atom. The SMILES string of the molecule is CCCCN(CC)C1CC(C)CCC1NCC. The van der Waals surface area contributed by atoms with Crippen molar-refractivity contribution in [3.63, 3.8) is 0 Å². The van der Waals surface area contributed by atoms with Crippen LogP contribution in [0.3, 0.4) is 0 Å². The molecule has 1 rings (SSSR count). The van der Waals surface area contributed by atoms with Gasteiger partial charge in [0.1, 0.15) is 0 Å². The fourth-order valence-electron chi connectivity index (χ4n) is 3.17. The fraction of sp³-hybridized carbons (Fsp3) is 1.00. The molecule has 0 aromatic heterocycles. The molecule has 1 aliphatic rings. The van der Waals surface area contributed by atoms with Crippen LogP contribution in [0.4, 0.5) is 0 Å². The zero-order chi connectivity index (χ0) is 12.7. The van der Waals surface area contributed by atoms with Gasteiger partial charge in [-0.2, -0.15) is 0 Å². The number of nitrogens with zero attached hydrogens (tertiary/aromatic N) is 1. The lowest BCUT2D eigenvalue weighted by Gasteiger charge is -2.42. The highest BCUT2D eigenvalue weighted by Gasteiger charge is 2.31. The van der Waals surface area contributed by atoms with Crippen molar-refractivity contribution in [3.05, 3.63) is 0 Å². The van der Waals surface area contributed by atoms with Crippen LogP contribution in [-0.2, 0) is 0 Å². The molecule has 17 heavy (non-hydrogen) atoms. The van der Waals surface area contributed by atoms with Crippen molar-refractivity contribution >= 4 is 0 Å². The molecule has 0 amide bonds. The number of hydrogen-bond acceptors (Lipinski definition) is 2. The average molecular weight is 240 g/mol. The van der Waals surface area contributed by atoms with Gasteiger partial charge in [0, 0.05) is 12.1 Å². The lowest BCUT2D eigenvalue weighted by atomic mass is 9.82. The van der Waals surface area contributed by atoms with Crippen LogP contribution in [0, 0.1) is 5.92 Å². The zero-order valence-corrected chi connectivity index (χ0v) is 12.3. The van der Waals surface area contributed by atoms with Gasteiger partial charge in [0.25, 0.3) is 0 Å². The molecule has 3 unspecified atom stereocenters. The standard InChI is InChI=1S/C15H32N2/c1-5-8-11-17(7-3)15-12-13(4)9-10-14(15)16-6-2/h13-16H,5-12H2,1-4H3. The van der Waals surface area contributed by atoms with E-state index in [-0.39, 0.29) is 0 Å². The highest BCUT2D eigenvalue weighted by molar-refractivity contribution is 4.89. The van der Waals surface area contributed by atoms with Crippen molar-refractivity contribution in [3.8, 4) is 0 Å². The first-order valence-electron chi connectivity index (χ1n) is 7.70. The van der Waals surface area contributed by atoms with Crippen LogP contribution in [0.25, 0.3) is 0 Å². The molecule has 0 bridgehead atoms. The Labute approximate surface area is 108 Å². The molecule has 0 saturated heterocycles. The molecule has 0 radical (unpaired) electrons. The van der Waals surface area contributed by atoms with E-state index in [9.17, 15) is 0 Å². The second kappa shape index (κ2) is 8.10. The van der Waals surface area contributed by atoms with E-state index in [0.717, 1.165) is 24.5 Å². The molecule has 2 nitrogen and oxygen atoms in total. The van der Waals surface area contributed by atoms with Crippen LogP contribution in [0.15, 0.2) is 0 Å². The number of rotatable bonds is 7. The van der Waals surface area contributed by atoms with E-state index in [2.05, 4.69) is 37.9 Å². The predicted octanol–water partition coefficient (Wildman–Crippen LogP) is 3.28. The Hall–Kier alpha value is -0.0800. The van der Waals surface area contributed by atoms with E-state index in [0.29, 0.717) is 0 Å². The van der Waals surface area contributed by atoms with Crippen LogP contribution in [0.5, 0.6) is 0 Å². The number of likely N-dealkylation sites (N-methyl/N-ethyl adjacent to an activating group) is 2. The molecule has 1 aliphatic carbocycles. The highest BCUT2D eigenvalue weighted by atomic mass is 15.2. The molecule has 0 spiro atoms. The monoisotopic (exact) mass is 240 g/mol. The van der Waals surface area contributed by atoms with E-state index >= 15 is 0 Å². The molecule has 1 N–H and O–H groups in total. The summed E-state index contributed by atoms with van der Waals surface area (Å²) < 4.78 is 0. The maximum absolute atomic E-state index is 3.70. The molecule has 0 heterocycles. The predicted molar refractivity (Wildman–Crippen MR) is 76.4 cm³/mol. The van der Waals surface area contributed by atoms with Crippen molar-refractivity contribution < 1.29 is 0 Å². The first kappa shape index (κ1) is 15.0. The van der Waals surface area contributed by atoms with Gasteiger partial charge in [0.2, 0.25) is 0 Å². The van der Waals surface area contributed by atoms with Crippen molar-refractivity contribution in [2.75, 3.05) is 19.6 Å². The van der Waals surface area contributed by atoms with Gasteiger partial charge in [-0.3, -0.25) is 4.90 Å². The van der Waals surface area contributed by atoms with Gasteiger partial charge in [-0.1, -0.05) is 34.1 Å². The lowest BCUT2D eigenvalue weighted by Crippen LogP contribution is -2.53. The summed E-state index contributed by atoms with van der Waals surface area (Å²) in [6.07, 6.45) is 6.80. The van der Waals surface area contributed by atoms with Crippen molar-refractivity contribution in [2.24, 2.45) is 5.92 Å². The van der Waals surface area contributed by atoms with Crippen LogP contribution in [0.2, 0.25) is 0 Å². The van der Waals surface area contributed by atoms with Gasteiger partial charge in [0.15, 0.2) is 0 Å². The summed E-state index contributed by atoms with van der Waals surface area (Å²) in [6.45, 7) is 12.9. The highest BCUT2D eigenvalue weighted by Crippen LogP contribution is 2.28. The average Bonchev–Trinajstić information content (AvgIpc) is 2.33. The molecule has 3 atom stereocenters. The Balaban J connectivity index is 2.58. The Morgan fingerprint density at radius 2 is 1.94 bits per heavy atom. The maximum Gasteiger partial charge on any atom is 0.0251 e. The summed E-state index contributed by atoms with van der Waals surface area (Å²) in [5, 5.41) is 3.70. The Morgan fingerprint density at radius 3 is 2.53 bits per heavy atom. The molecule has 102 valence electrons. The van der Waals surface area contributed by atoms with Gasteiger partial charge >= 0.3 is 0 Å². The first-order chi connectivity index (χ1) is 8.22. The van der Waals surface area contributed by atoms with Gasteiger partial charge in [-0.25, -0.2) is 0 Å². The fourth-order valence-corrected chi connectivity index (χ4v) is 3.17. The Kier molecular flexibility index (Phi) is 7.14. The van der Waals surface area contributed by atoms with Gasteiger partial charge in [-0.05, 0) is 51.2 Å². The van der Waals surface area contributed by atoms with Gasteiger partial charge in [-0.15, -0.1) is 0 Å². The normalized spacial score (nSPS) is 29.8. The molecule has 1 fully saturated rings. The lowest BCUT2D eigenvalue weighted by molar-refractivity contribution is 0.105. The molecule has 0 aliphatic heterocycles. The minimum atomic E-state index is 0.730. The zero-order valence-electron chi connectivity index (χ0n) is 12.3. The van der Waals surface area contributed by atoms with Crippen LogP contribution >= 0.6 is 0 Å². The van der Waals surface area contributed by atoms with E-state index in [1.54, 1.807) is 0 Å². The second-order valence-electron chi connectivity index (χ2n) is 5.63. The van der Waals surface area contributed by atoms with E-state index in [4.69, 9.17) is 0 Å². The van der Waals surface area contributed by atoms with E-state index < -0.39 is 0 Å². The molecule has 2 heteroatoms. The minimum absolute atomic E-state index is 0.730. The molecule has 0 aromatic carbocycles. The van der Waals surface area contributed by atoms with E-state index in [1.165, 1.54) is 45.2 Å². The summed E-state index contributed by atoms with van der Waals surface area (Å²) in [7, 11) is 0. The quantitative estimate of drug-likeness (QED) is 0.735. The third kappa shape index (κ3) is 4.59. The van der Waals surface area contributed by atoms with Gasteiger partial charge < -0.3 is 5.32 Å². The van der Waals surface area contributed by atoms with Crippen LogP contribution in [0.1, 0.15) is 59.8 Å². The molecule has 1 saturated carbocycles. The molecular formula is C15H32N2. The summed E-state index contributed by atoms with van der Waals surface area (Å²) >= 11 is 0. The van der Waals surface area contributed by atoms with E-state index in [1.807, 2.05) is 0 Å². The number of unbranched alkanes of at least 4 members (excludes halogenated alkanes) is 1. The minimum Gasteiger partial charge on any atom is -0.313 e. The van der Waals surface area contributed by atoms with Crippen molar-refractivity contribution in [2.45, 2.75) is 71.9 Å². The third-order valence-electron chi connectivity index (χ3n) is 4.22. The van der Waals surface area contributed by atoms with Crippen LogP contribution in [-0.4, -0.2) is 36.6 Å². The third-order valence-corrected chi connectivity index (χ3v) is 4.22. The smallest absolute Gasteiger partial charge is 0.0251 e. The van der Waals surface area contributed by atoms with Crippen LogP contribution < -0.4 is 5.32 Å². The number of nitrogens with one attached hydrogen (secondary N) is 1. The van der Waals surface area contributed by atoms with Crippen molar-refractivity contribution in [1.82, 2.24) is 10.2 Å². The summed E-state index contributed by atoms with van der Waals surface area (Å²) in [6, 6.07) is 1.50. The maximum atomic E-state index is 3.70. The Bertz CT molecular complexity index is 193. The summed E-state index contributed by atoms with van der Waals surface area (Å²) in [5.41, 5.74) is 0. The van der Waals surface area contributed by atoms with Crippen molar-refractivity contribution in [1.29, 1.82) is 0 Å². The number of hydrogen-bond donors (Lipinski definition) is 1. The second-order valence-corrected chi connectivity index (χ2v) is 5.63. The molecular weight excluding hydrogens is 208 g/mol. The summed E-state index contributed by atoms with van der Waals surface area (Å²) in [5.74, 6) is 0.908. The summed E-state index contributed by atoms with van der Waals surface area (Å²) in [4.78, 5) is 2.71. The molecule has 0 aromatic rings. The first-order valence-corrected chi connectivity index (χ1v) is 7.70.